The molecule has 1 aromatic carbocycles. The molecular weight excluding hydrogens is 388 g/mol. The molecule has 3 aromatic heterocycles. The van der Waals surface area contributed by atoms with Gasteiger partial charge in [-0.25, -0.2) is 13.6 Å². The molecule has 0 unspecified atom stereocenters. The Bertz CT molecular complexity index is 1280. The summed E-state index contributed by atoms with van der Waals surface area (Å²) in [6.45, 7) is 0.900. The number of hydrogen-bond donors (Lipinski definition) is 1. The minimum Gasteiger partial charge on any atom is -0.343 e. The molecule has 1 aliphatic rings. The SMILES string of the molecule is NCc1ccc2c(c1)cc(Cn1c(=O)n(C3CC3)c3ccncc31)n2CCC(F)F. The fourth-order valence-corrected chi connectivity index (χ4v) is 4.25. The molecule has 8 heteroatoms. The quantitative estimate of drug-likeness (QED) is 0.505. The lowest BCUT2D eigenvalue weighted by molar-refractivity contribution is 0.131. The van der Waals surface area contributed by atoms with Gasteiger partial charge in [-0.2, -0.15) is 0 Å². The zero-order chi connectivity index (χ0) is 20.8. The standard InChI is InChI=1S/C22H23F2N5O/c23-21(24)6-8-27-17(10-15-9-14(11-25)1-4-18(15)27)13-28-20-12-26-7-5-19(20)29(22(28)30)16-2-3-16/h1,4-5,7,9-10,12,16,21H,2-3,6,8,11,13,25H2. The Hall–Kier alpha value is -3.00. The van der Waals surface area contributed by atoms with E-state index < -0.39 is 6.43 Å². The molecule has 30 heavy (non-hydrogen) atoms. The fraction of sp³-hybridized carbons (Fsp3) is 0.364. The number of benzene rings is 1. The third-order valence-corrected chi connectivity index (χ3v) is 5.86. The maximum atomic E-state index is 13.2. The Morgan fingerprint density at radius 2 is 1.93 bits per heavy atom. The highest BCUT2D eigenvalue weighted by molar-refractivity contribution is 5.82. The molecule has 0 spiro atoms. The maximum absolute atomic E-state index is 13.2. The maximum Gasteiger partial charge on any atom is 0.329 e. The second-order valence-electron chi connectivity index (χ2n) is 7.90. The second-order valence-corrected chi connectivity index (χ2v) is 7.90. The van der Waals surface area contributed by atoms with Gasteiger partial charge >= 0.3 is 5.69 Å². The number of imidazole rings is 1. The van der Waals surface area contributed by atoms with Crippen molar-refractivity contribution in [2.75, 3.05) is 0 Å². The van der Waals surface area contributed by atoms with Crippen molar-refractivity contribution in [3.63, 3.8) is 0 Å². The van der Waals surface area contributed by atoms with E-state index in [1.165, 1.54) is 0 Å². The van der Waals surface area contributed by atoms with Crippen LogP contribution in [-0.4, -0.2) is 25.1 Å². The topological polar surface area (TPSA) is 70.8 Å². The van der Waals surface area contributed by atoms with E-state index in [-0.39, 0.29) is 24.7 Å². The molecule has 4 aromatic rings. The summed E-state index contributed by atoms with van der Waals surface area (Å²) in [5.74, 6) is 0. The smallest absolute Gasteiger partial charge is 0.329 e. The molecule has 1 aliphatic carbocycles. The summed E-state index contributed by atoms with van der Waals surface area (Å²) in [5, 5.41) is 0.944. The summed E-state index contributed by atoms with van der Waals surface area (Å²) in [7, 11) is 0. The van der Waals surface area contributed by atoms with Gasteiger partial charge in [-0.3, -0.25) is 14.1 Å². The highest BCUT2D eigenvalue weighted by Crippen LogP contribution is 2.36. The number of fused-ring (bicyclic) bond motifs is 2. The number of nitrogens with two attached hydrogens (primary N) is 1. The molecule has 6 nitrogen and oxygen atoms in total. The van der Waals surface area contributed by atoms with Crippen LogP contribution in [0.5, 0.6) is 0 Å². The lowest BCUT2D eigenvalue weighted by Gasteiger charge is -2.11. The molecule has 0 aliphatic heterocycles. The molecule has 0 atom stereocenters. The molecule has 2 N–H and O–H groups in total. The summed E-state index contributed by atoms with van der Waals surface area (Å²) in [6.07, 6.45) is 2.76. The van der Waals surface area contributed by atoms with Gasteiger partial charge < -0.3 is 10.3 Å². The molecule has 1 saturated carbocycles. The molecule has 0 saturated heterocycles. The van der Waals surface area contributed by atoms with Gasteiger partial charge in [-0.15, -0.1) is 0 Å². The van der Waals surface area contributed by atoms with Crippen LogP contribution >= 0.6 is 0 Å². The number of hydrogen-bond acceptors (Lipinski definition) is 3. The highest BCUT2D eigenvalue weighted by Gasteiger charge is 2.29. The minimum atomic E-state index is -2.39. The number of aryl methyl sites for hydroxylation is 1. The van der Waals surface area contributed by atoms with Crippen molar-refractivity contribution in [1.29, 1.82) is 0 Å². The minimum absolute atomic E-state index is 0.0752. The van der Waals surface area contributed by atoms with E-state index in [4.69, 9.17) is 5.73 Å². The van der Waals surface area contributed by atoms with Crippen LogP contribution in [0.4, 0.5) is 8.78 Å². The number of pyridine rings is 1. The van der Waals surface area contributed by atoms with Gasteiger partial charge in [0, 0.05) is 48.3 Å². The van der Waals surface area contributed by atoms with E-state index >= 15 is 0 Å². The monoisotopic (exact) mass is 411 g/mol. The van der Waals surface area contributed by atoms with Crippen molar-refractivity contribution in [3.05, 3.63) is 64.5 Å². The van der Waals surface area contributed by atoms with Crippen molar-refractivity contribution >= 4 is 21.9 Å². The average Bonchev–Trinajstić information content (AvgIpc) is 3.46. The highest BCUT2D eigenvalue weighted by atomic mass is 19.3. The van der Waals surface area contributed by atoms with Crippen LogP contribution in [0.25, 0.3) is 21.9 Å². The van der Waals surface area contributed by atoms with Crippen molar-refractivity contribution < 1.29 is 8.78 Å². The van der Waals surface area contributed by atoms with Crippen molar-refractivity contribution in [2.45, 2.75) is 51.4 Å². The third-order valence-electron chi connectivity index (χ3n) is 5.86. The lowest BCUT2D eigenvalue weighted by Crippen LogP contribution is -2.25. The van der Waals surface area contributed by atoms with Crippen LogP contribution in [0.1, 0.15) is 36.6 Å². The van der Waals surface area contributed by atoms with Crippen LogP contribution < -0.4 is 11.4 Å². The van der Waals surface area contributed by atoms with Gasteiger partial charge in [-0.05, 0) is 42.7 Å². The largest absolute Gasteiger partial charge is 0.343 e. The summed E-state index contributed by atoms with van der Waals surface area (Å²) in [4.78, 5) is 17.4. The van der Waals surface area contributed by atoms with Gasteiger partial charge in [0.25, 0.3) is 0 Å². The molecule has 3 heterocycles. The lowest BCUT2D eigenvalue weighted by atomic mass is 10.1. The van der Waals surface area contributed by atoms with E-state index in [1.807, 2.05) is 39.5 Å². The first-order valence-electron chi connectivity index (χ1n) is 10.2. The van der Waals surface area contributed by atoms with Crippen molar-refractivity contribution in [1.82, 2.24) is 18.7 Å². The van der Waals surface area contributed by atoms with Crippen molar-refractivity contribution in [3.8, 4) is 0 Å². The van der Waals surface area contributed by atoms with Gasteiger partial charge in [0.2, 0.25) is 6.43 Å². The predicted molar refractivity (Wildman–Crippen MR) is 112 cm³/mol. The fourth-order valence-electron chi connectivity index (χ4n) is 4.25. The molecule has 1 fully saturated rings. The second kappa shape index (κ2) is 7.36. The summed E-state index contributed by atoms with van der Waals surface area (Å²) >= 11 is 0. The summed E-state index contributed by atoms with van der Waals surface area (Å²) in [6, 6.07) is 9.90. The molecule has 0 bridgehead atoms. The molecule has 156 valence electrons. The van der Waals surface area contributed by atoms with Crippen LogP contribution in [0.2, 0.25) is 0 Å². The zero-order valence-corrected chi connectivity index (χ0v) is 16.5. The van der Waals surface area contributed by atoms with E-state index in [1.54, 1.807) is 17.0 Å². The van der Waals surface area contributed by atoms with Crippen LogP contribution in [0.3, 0.4) is 0 Å². The average molecular weight is 411 g/mol. The van der Waals surface area contributed by atoms with Gasteiger partial charge in [0.15, 0.2) is 0 Å². The Kier molecular flexibility index (Phi) is 4.66. The van der Waals surface area contributed by atoms with E-state index in [9.17, 15) is 13.6 Å². The normalized spacial score (nSPS) is 14.4. The van der Waals surface area contributed by atoms with Crippen molar-refractivity contribution in [2.24, 2.45) is 5.73 Å². The molecule has 0 radical (unpaired) electrons. The molecular formula is C22H23F2N5O. The van der Waals surface area contributed by atoms with Crippen LogP contribution in [0.15, 0.2) is 47.5 Å². The first kappa shape index (κ1) is 19.0. The number of halogens is 2. The van der Waals surface area contributed by atoms with Crippen LogP contribution in [0, 0.1) is 0 Å². The first-order valence-corrected chi connectivity index (χ1v) is 10.2. The van der Waals surface area contributed by atoms with Gasteiger partial charge in [0.1, 0.15) is 0 Å². The number of aromatic nitrogens is 4. The molecule has 0 amide bonds. The Labute approximate surface area is 171 Å². The van der Waals surface area contributed by atoms with Gasteiger partial charge in [-0.1, -0.05) is 6.07 Å². The number of nitrogens with zero attached hydrogens (tertiary/aromatic N) is 4. The number of alkyl halides is 2. The number of rotatable bonds is 7. The molecule has 5 rings (SSSR count). The predicted octanol–water partition coefficient (Wildman–Crippen LogP) is 3.65. The Morgan fingerprint density at radius 1 is 1.10 bits per heavy atom. The first-order chi connectivity index (χ1) is 14.6. The van der Waals surface area contributed by atoms with Gasteiger partial charge in [0.05, 0.1) is 23.8 Å². The summed E-state index contributed by atoms with van der Waals surface area (Å²) in [5.41, 5.74) is 10.0. The Balaban J connectivity index is 1.64. The zero-order valence-electron chi connectivity index (χ0n) is 16.5. The third kappa shape index (κ3) is 3.21. The van der Waals surface area contributed by atoms with E-state index in [0.29, 0.717) is 13.1 Å². The Morgan fingerprint density at radius 3 is 2.67 bits per heavy atom. The van der Waals surface area contributed by atoms with Crippen LogP contribution in [-0.2, 0) is 19.6 Å². The summed E-state index contributed by atoms with van der Waals surface area (Å²) < 4.78 is 31.4. The van der Waals surface area contributed by atoms with E-state index in [2.05, 4.69) is 4.98 Å². The van der Waals surface area contributed by atoms with E-state index in [0.717, 1.165) is 46.0 Å².